The fourth-order valence-electron chi connectivity index (χ4n) is 3.67. The largest absolute Gasteiger partial charge is 0.0996 e. The van der Waals surface area contributed by atoms with E-state index in [1.807, 2.05) is 0 Å². The van der Waals surface area contributed by atoms with Crippen molar-refractivity contribution in [2.75, 3.05) is 0 Å². The van der Waals surface area contributed by atoms with Crippen molar-refractivity contribution in [3.05, 3.63) is 0 Å². The Hall–Kier alpha value is -0.440. The molecule has 2 aliphatic rings. The maximum atomic E-state index is 3.62. The molecule has 0 aliphatic heterocycles. The first-order valence-electron chi connectivity index (χ1n) is 8.32. The molecule has 102 valence electrons. The van der Waals surface area contributed by atoms with Crippen LogP contribution in [-0.2, 0) is 0 Å². The summed E-state index contributed by atoms with van der Waals surface area (Å²) in [4.78, 5) is 0. The van der Waals surface area contributed by atoms with E-state index in [-0.39, 0.29) is 0 Å². The van der Waals surface area contributed by atoms with Gasteiger partial charge in [-0.05, 0) is 63.2 Å². The molecule has 2 aliphatic carbocycles. The second-order valence-electron chi connectivity index (χ2n) is 6.54. The smallest absolute Gasteiger partial charge is 0.0203 e. The van der Waals surface area contributed by atoms with Gasteiger partial charge in [0, 0.05) is 11.8 Å². The van der Waals surface area contributed by atoms with Crippen LogP contribution in [-0.4, -0.2) is 0 Å². The van der Waals surface area contributed by atoms with E-state index in [4.69, 9.17) is 0 Å². The molecule has 0 spiro atoms. The summed E-state index contributed by atoms with van der Waals surface area (Å²) in [6.45, 7) is 4.67. The molecule has 0 heteroatoms. The third-order valence-corrected chi connectivity index (χ3v) is 5.34. The van der Waals surface area contributed by atoms with Crippen molar-refractivity contribution in [3.63, 3.8) is 0 Å². The molecule has 0 saturated heterocycles. The molecule has 0 aromatic carbocycles. The molecule has 0 aromatic rings. The minimum atomic E-state index is 0.733. The van der Waals surface area contributed by atoms with Crippen LogP contribution in [0.1, 0.15) is 78.1 Å². The van der Waals surface area contributed by atoms with Crippen molar-refractivity contribution < 1.29 is 0 Å². The Bertz CT molecular complexity index is 249. The lowest BCUT2D eigenvalue weighted by Crippen LogP contribution is -2.14. The van der Waals surface area contributed by atoms with E-state index in [9.17, 15) is 0 Å². The van der Waals surface area contributed by atoms with E-state index >= 15 is 0 Å². The van der Waals surface area contributed by atoms with Gasteiger partial charge in [-0.3, -0.25) is 0 Å². The lowest BCUT2D eigenvalue weighted by Gasteiger charge is -2.26. The van der Waals surface area contributed by atoms with Crippen LogP contribution < -0.4 is 0 Å². The average Bonchev–Trinajstić information content (AvgIpc) is 2.46. The van der Waals surface area contributed by atoms with Crippen molar-refractivity contribution in [3.8, 4) is 11.8 Å². The maximum Gasteiger partial charge on any atom is 0.0203 e. The highest BCUT2D eigenvalue weighted by Gasteiger charge is 2.20. The summed E-state index contributed by atoms with van der Waals surface area (Å²) in [5.74, 6) is 10.7. The monoisotopic (exact) mass is 246 g/mol. The van der Waals surface area contributed by atoms with E-state index in [0.29, 0.717) is 0 Å². The predicted octanol–water partition coefficient (Wildman–Crippen LogP) is 5.42. The molecule has 0 amide bonds. The lowest BCUT2D eigenvalue weighted by molar-refractivity contribution is 0.303. The van der Waals surface area contributed by atoms with Gasteiger partial charge in [-0.1, -0.05) is 38.5 Å². The summed E-state index contributed by atoms with van der Waals surface area (Å²) in [7, 11) is 0. The fourth-order valence-corrected chi connectivity index (χ4v) is 3.67. The summed E-state index contributed by atoms with van der Waals surface area (Å²) < 4.78 is 0. The van der Waals surface area contributed by atoms with Gasteiger partial charge in [-0.2, -0.15) is 0 Å². The zero-order valence-corrected chi connectivity index (χ0v) is 12.4. The van der Waals surface area contributed by atoms with E-state index in [2.05, 4.69) is 25.7 Å². The van der Waals surface area contributed by atoms with Gasteiger partial charge in [0.15, 0.2) is 0 Å². The van der Waals surface area contributed by atoms with Gasteiger partial charge in [0.2, 0.25) is 0 Å². The summed E-state index contributed by atoms with van der Waals surface area (Å²) in [6, 6.07) is 0. The quantitative estimate of drug-likeness (QED) is 0.570. The Morgan fingerprint density at radius 3 is 1.22 bits per heavy atom. The zero-order valence-electron chi connectivity index (χ0n) is 12.4. The highest BCUT2D eigenvalue weighted by atomic mass is 14.2. The fraction of sp³-hybridized carbons (Fsp3) is 0.889. The van der Waals surface area contributed by atoms with Crippen molar-refractivity contribution in [1.82, 2.24) is 0 Å². The van der Waals surface area contributed by atoms with Crippen LogP contribution in [0.25, 0.3) is 0 Å². The molecular formula is C18H30. The molecule has 0 atom stereocenters. The van der Waals surface area contributed by atoms with Crippen LogP contribution in [0.3, 0.4) is 0 Å². The van der Waals surface area contributed by atoms with Gasteiger partial charge in [0.1, 0.15) is 0 Å². The molecule has 18 heavy (non-hydrogen) atoms. The second kappa shape index (κ2) is 7.22. The number of rotatable bonds is 2. The van der Waals surface area contributed by atoms with Crippen LogP contribution in [0.2, 0.25) is 0 Å². The van der Waals surface area contributed by atoms with E-state index in [1.165, 1.54) is 64.2 Å². The van der Waals surface area contributed by atoms with E-state index in [1.54, 1.807) is 0 Å². The summed E-state index contributed by atoms with van der Waals surface area (Å²) >= 11 is 0. The minimum Gasteiger partial charge on any atom is -0.0996 e. The Balaban J connectivity index is 1.72. The second-order valence-corrected chi connectivity index (χ2v) is 6.54. The first kappa shape index (κ1) is 14.0. The standard InChI is InChI=1S/C18H30/c1-3-15-5-9-17(10-6-15)13-14-18-11-7-16(4-2)8-12-18/h15-18H,3-12H2,1-2H3. The third kappa shape index (κ3) is 4.04. The molecule has 0 heterocycles. The highest BCUT2D eigenvalue weighted by Crippen LogP contribution is 2.32. The molecule has 0 radical (unpaired) electrons. The van der Waals surface area contributed by atoms with Gasteiger partial charge in [-0.25, -0.2) is 0 Å². The maximum absolute atomic E-state index is 3.62. The van der Waals surface area contributed by atoms with Crippen LogP contribution in [0.5, 0.6) is 0 Å². The summed E-state index contributed by atoms with van der Waals surface area (Å²) in [5.41, 5.74) is 0. The van der Waals surface area contributed by atoms with Crippen LogP contribution in [0.15, 0.2) is 0 Å². The highest BCUT2D eigenvalue weighted by molar-refractivity contribution is 5.09. The van der Waals surface area contributed by atoms with Crippen molar-refractivity contribution in [1.29, 1.82) is 0 Å². The molecule has 2 saturated carbocycles. The van der Waals surface area contributed by atoms with E-state index in [0.717, 1.165) is 23.7 Å². The summed E-state index contributed by atoms with van der Waals surface area (Å²) in [6.07, 6.45) is 14.0. The molecule has 2 rings (SSSR count). The zero-order chi connectivity index (χ0) is 12.8. The molecule has 0 aromatic heterocycles. The van der Waals surface area contributed by atoms with E-state index < -0.39 is 0 Å². The Morgan fingerprint density at radius 2 is 0.944 bits per heavy atom. The van der Waals surface area contributed by atoms with Gasteiger partial charge in [0.05, 0.1) is 0 Å². The van der Waals surface area contributed by atoms with Crippen LogP contribution >= 0.6 is 0 Å². The SMILES string of the molecule is CCC1CCC(C#CC2CCC(CC)CC2)CC1. The third-order valence-electron chi connectivity index (χ3n) is 5.34. The minimum absolute atomic E-state index is 0.733. The van der Waals surface area contributed by atoms with Gasteiger partial charge in [0.25, 0.3) is 0 Å². The van der Waals surface area contributed by atoms with Crippen LogP contribution in [0, 0.1) is 35.5 Å². The van der Waals surface area contributed by atoms with Crippen molar-refractivity contribution in [2.24, 2.45) is 23.7 Å². The Kier molecular flexibility index (Phi) is 5.61. The van der Waals surface area contributed by atoms with Gasteiger partial charge < -0.3 is 0 Å². The van der Waals surface area contributed by atoms with Gasteiger partial charge >= 0.3 is 0 Å². The summed E-state index contributed by atoms with van der Waals surface area (Å²) in [5, 5.41) is 0. The lowest BCUT2D eigenvalue weighted by atomic mass is 9.79. The Morgan fingerprint density at radius 1 is 0.611 bits per heavy atom. The van der Waals surface area contributed by atoms with Crippen molar-refractivity contribution >= 4 is 0 Å². The van der Waals surface area contributed by atoms with Crippen molar-refractivity contribution in [2.45, 2.75) is 78.1 Å². The van der Waals surface area contributed by atoms with Crippen LogP contribution in [0.4, 0.5) is 0 Å². The normalized spacial score (nSPS) is 36.8. The molecule has 0 nitrogen and oxygen atoms in total. The average molecular weight is 246 g/mol. The number of hydrogen-bond donors (Lipinski definition) is 0. The van der Waals surface area contributed by atoms with Gasteiger partial charge in [-0.15, -0.1) is 0 Å². The number of hydrogen-bond acceptors (Lipinski definition) is 0. The molecule has 0 bridgehead atoms. The molecule has 2 fully saturated rings. The molecular weight excluding hydrogens is 216 g/mol. The predicted molar refractivity (Wildman–Crippen MR) is 79.3 cm³/mol. The topological polar surface area (TPSA) is 0 Å². The first-order valence-corrected chi connectivity index (χ1v) is 8.32. The Labute approximate surface area is 114 Å². The molecule has 0 N–H and O–H groups in total. The molecule has 0 unspecified atom stereocenters. The first-order chi connectivity index (χ1) is 8.81.